The third kappa shape index (κ3) is 3.40. The van der Waals surface area contributed by atoms with Gasteiger partial charge in [-0.25, -0.2) is 15.0 Å². The van der Waals surface area contributed by atoms with Crippen molar-refractivity contribution >= 4 is 33.7 Å². The van der Waals surface area contributed by atoms with Crippen LogP contribution in [0.3, 0.4) is 0 Å². The van der Waals surface area contributed by atoms with Crippen LogP contribution in [0.2, 0.25) is 0 Å². The summed E-state index contributed by atoms with van der Waals surface area (Å²) in [4.78, 5) is 19.7. The smallest absolute Gasteiger partial charge is 0.182 e. The maximum atomic E-state index is 5.48. The number of piperidine rings is 1. The molecule has 0 atom stereocenters. The van der Waals surface area contributed by atoms with Gasteiger partial charge in [0, 0.05) is 31.2 Å². The van der Waals surface area contributed by atoms with Gasteiger partial charge in [-0.3, -0.25) is 0 Å². The Morgan fingerprint density at radius 3 is 2.80 bits per heavy atom. The molecule has 5 rings (SSSR count). The molecule has 0 saturated carbocycles. The Morgan fingerprint density at radius 1 is 1.10 bits per heavy atom. The van der Waals surface area contributed by atoms with Crippen molar-refractivity contribution < 1.29 is 4.74 Å². The molecule has 0 aliphatic carbocycles. The van der Waals surface area contributed by atoms with Gasteiger partial charge in [0.05, 0.1) is 18.8 Å². The van der Waals surface area contributed by atoms with Gasteiger partial charge in [0.25, 0.3) is 0 Å². The number of rotatable bonds is 5. The van der Waals surface area contributed by atoms with Gasteiger partial charge < -0.3 is 19.9 Å². The second-order valence-electron chi connectivity index (χ2n) is 7.82. The van der Waals surface area contributed by atoms with Gasteiger partial charge in [0.2, 0.25) is 0 Å². The number of aryl methyl sites for hydroxylation is 1. The lowest BCUT2D eigenvalue weighted by atomic mass is 10.1. The van der Waals surface area contributed by atoms with Crippen LogP contribution in [0.25, 0.3) is 22.1 Å². The highest BCUT2D eigenvalue weighted by Crippen LogP contribution is 2.30. The van der Waals surface area contributed by atoms with Crippen LogP contribution in [0, 0.1) is 6.92 Å². The molecule has 0 unspecified atom stereocenters. The molecular weight excluding hydrogens is 376 g/mol. The predicted octanol–water partition coefficient (Wildman–Crippen LogP) is 4.43. The van der Waals surface area contributed by atoms with E-state index in [1.54, 1.807) is 13.3 Å². The highest BCUT2D eigenvalue weighted by molar-refractivity contribution is 5.91. The molecule has 154 valence electrons. The predicted molar refractivity (Wildman–Crippen MR) is 120 cm³/mol. The lowest BCUT2D eigenvalue weighted by molar-refractivity contribution is 0.419. The summed E-state index contributed by atoms with van der Waals surface area (Å²) in [5, 5.41) is 4.60. The van der Waals surface area contributed by atoms with E-state index in [1.807, 2.05) is 18.3 Å². The Kier molecular flexibility index (Phi) is 4.86. The normalized spacial score (nSPS) is 14.4. The summed E-state index contributed by atoms with van der Waals surface area (Å²) >= 11 is 0. The third-order valence-electron chi connectivity index (χ3n) is 5.83. The maximum Gasteiger partial charge on any atom is 0.182 e. The number of benzene rings is 1. The summed E-state index contributed by atoms with van der Waals surface area (Å²) in [5.41, 5.74) is 4.89. The second kappa shape index (κ2) is 7.82. The first kappa shape index (κ1) is 18.7. The van der Waals surface area contributed by atoms with Crippen LogP contribution in [0.15, 0.2) is 36.7 Å². The number of fused-ring (bicyclic) bond motifs is 2. The fourth-order valence-corrected chi connectivity index (χ4v) is 4.25. The number of anilines is 2. The lowest BCUT2D eigenvalue weighted by Crippen LogP contribution is -2.30. The van der Waals surface area contributed by atoms with Crippen molar-refractivity contribution in [3.63, 3.8) is 0 Å². The lowest BCUT2D eigenvalue weighted by Gasteiger charge is -2.27. The molecular formula is C23H26N6O. The first-order chi connectivity index (χ1) is 14.7. The zero-order chi connectivity index (χ0) is 20.5. The highest BCUT2D eigenvalue weighted by atomic mass is 16.5. The molecule has 1 aromatic carbocycles. The molecule has 1 aliphatic heterocycles. The molecule has 0 amide bonds. The average molecular weight is 403 g/mol. The van der Waals surface area contributed by atoms with Gasteiger partial charge in [-0.05, 0) is 55.5 Å². The number of hydrogen-bond donors (Lipinski definition) is 2. The van der Waals surface area contributed by atoms with E-state index in [1.165, 1.54) is 35.8 Å². The summed E-state index contributed by atoms with van der Waals surface area (Å²) in [7, 11) is 1.69. The maximum absolute atomic E-state index is 5.48. The van der Waals surface area contributed by atoms with E-state index in [4.69, 9.17) is 14.7 Å². The minimum absolute atomic E-state index is 0.644. The van der Waals surface area contributed by atoms with E-state index in [-0.39, 0.29) is 0 Å². The second-order valence-corrected chi connectivity index (χ2v) is 7.82. The van der Waals surface area contributed by atoms with Crippen molar-refractivity contribution in [3.8, 4) is 5.75 Å². The van der Waals surface area contributed by atoms with Gasteiger partial charge in [-0.15, -0.1) is 0 Å². The number of aromatic amines is 1. The zero-order valence-electron chi connectivity index (χ0n) is 17.4. The largest absolute Gasteiger partial charge is 0.495 e. The van der Waals surface area contributed by atoms with Gasteiger partial charge in [-0.1, -0.05) is 6.07 Å². The number of hydrogen-bond acceptors (Lipinski definition) is 6. The Bertz CT molecular complexity index is 1200. The molecule has 0 bridgehead atoms. The Hall–Kier alpha value is -3.35. The Labute approximate surface area is 175 Å². The molecule has 7 heteroatoms. The van der Waals surface area contributed by atoms with Crippen LogP contribution >= 0.6 is 0 Å². The van der Waals surface area contributed by atoms with Crippen LogP contribution in [0.5, 0.6) is 5.75 Å². The van der Waals surface area contributed by atoms with Crippen molar-refractivity contribution in [3.05, 3.63) is 47.8 Å². The summed E-state index contributed by atoms with van der Waals surface area (Å²) in [6.45, 7) is 4.87. The number of ether oxygens (including phenoxy) is 1. The van der Waals surface area contributed by atoms with E-state index in [2.05, 4.69) is 39.2 Å². The van der Waals surface area contributed by atoms with Crippen molar-refractivity contribution in [2.45, 2.75) is 32.7 Å². The molecule has 2 N–H and O–H groups in total. The van der Waals surface area contributed by atoms with Crippen LogP contribution in [0.1, 0.15) is 30.4 Å². The minimum atomic E-state index is 0.644. The molecule has 1 saturated heterocycles. The summed E-state index contributed by atoms with van der Waals surface area (Å²) in [6, 6.07) is 8.15. The van der Waals surface area contributed by atoms with Crippen molar-refractivity contribution in [1.29, 1.82) is 0 Å². The van der Waals surface area contributed by atoms with Gasteiger partial charge in [0.1, 0.15) is 22.9 Å². The van der Waals surface area contributed by atoms with Crippen LogP contribution in [-0.2, 0) is 6.54 Å². The van der Waals surface area contributed by atoms with Gasteiger partial charge >= 0.3 is 0 Å². The van der Waals surface area contributed by atoms with E-state index in [0.29, 0.717) is 12.2 Å². The summed E-state index contributed by atoms with van der Waals surface area (Å²) in [5.74, 6) is 2.57. The van der Waals surface area contributed by atoms with E-state index < -0.39 is 0 Å². The topological polar surface area (TPSA) is 79.0 Å². The number of aromatic nitrogens is 4. The van der Waals surface area contributed by atoms with Crippen molar-refractivity contribution in [2.75, 3.05) is 30.4 Å². The molecule has 7 nitrogen and oxygen atoms in total. The molecule has 1 fully saturated rings. The summed E-state index contributed by atoms with van der Waals surface area (Å²) in [6.07, 6.45) is 7.54. The molecule has 0 radical (unpaired) electrons. The monoisotopic (exact) mass is 402 g/mol. The van der Waals surface area contributed by atoms with Crippen molar-refractivity contribution in [1.82, 2.24) is 19.9 Å². The fourth-order valence-electron chi connectivity index (χ4n) is 4.25. The standard InChI is InChI=1S/C23H26N6O/c1-15-12-26-22-18(30-2)8-6-16(21(15)22)13-25-19-14-24-17-7-9-20(28-23(17)27-19)29-10-4-3-5-11-29/h6-9,12,14,26H,3-5,10-11,13H2,1-2H3,(H,25,27,28). The molecule has 30 heavy (non-hydrogen) atoms. The molecule has 0 spiro atoms. The number of nitrogens with zero attached hydrogens (tertiary/aromatic N) is 4. The SMILES string of the molecule is COc1ccc(CNc2cnc3ccc(N4CCCCC4)nc3n2)c2c(C)c[nH]c12. The van der Waals surface area contributed by atoms with Crippen LogP contribution < -0.4 is 15.0 Å². The molecule has 4 aromatic rings. The van der Waals surface area contributed by atoms with Gasteiger partial charge in [0.15, 0.2) is 5.65 Å². The first-order valence-electron chi connectivity index (χ1n) is 10.5. The minimum Gasteiger partial charge on any atom is -0.495 e. The van der Waals surface area contributed by atoms with E-state index >= 15 is 0 Å². The zero-order valence-corrected chi connectivity index (χ0v) is 17.4. The fraction of sp³-hybridized carbons (Fsp3) is 0.348. The molecule has 3 aromatic heterocycles. The van der Waals surface area contributed by atoms with Crippen LogP contribution in [0.4, 0.5) is 11.6 Å². The van der Waals surface area contributed by atoms with E-state index in [9.17, 15) is 0 Å². The Morgan fingerprint density at radius 2 is 1.97 bits per heavy atom. The molecule has 1 aliphatic rings. The van der Waals surface area contributed by atoms with Crippen LogP contribution in [-0.4, -0.2) is 40.1 Å². The number of methoxy groups -OCH3 is 1. The van der Waals surface area contributed by atoms with E-state index in [0.717, 1.165) is 41.5 Å². The quantitative estimate of drug-likeness (QED) is 0.514. The van der Waals surface area contributed by atoms with Gasteiger partial charge in [-0.2, -0.15) is 0 Å². The Balaban J connectivity index is 1.40. The van der Waals surface area contributed by atoms with Crippen molar-refractivity contribution in [2.24, 2.45) is 0 Å². The average Bonchev–Trinajstić information content (AvgIpc) is 3.19. The third-order valence-corrected chi connectivity index (χ3v) is 5.83. The number of pyridine rings is 1. The highest BCUT2D eigenvalue weighted by Gasteiger charge is 2.14. The number of nitrogens with one attached hydrogen (secondary N) is 2. The molecule has 4 heterocycles. The first-order valence-corrected chi connectivity index (χ1v) is 10.5. The number of H-pyrrole nitrogens is 1. The summed E-state index contributed by atoms with van der Waals surface area (Å²) < 4.78 is 5.48.